The summed E-state index contributed by atoms with van der Waals surface area (Å²) in [6, 6.07) is 26.0. The molecule has 1 N–H and O–H groups in total. The van der Waals surface area contributed by atoms with Crippen molar-refractivity contribution in [3.63, 3.8) is 0 Å². The van der Waals surface area contributed by atoms with Crippen molar-refractivity contribution in [3.8, 4) is 5.75 Å². The van der Waals surface area contributed by atoms with E-state index in [2.05, 4.69) is 5.32 Å². The number of hydrogen-bond acceptors (Lipinski definition) is 4. The Morgan fingerprint density at radius 3 is 2.29 bits per heavy atom. The van der Waals surface area contributed by atoms with Gasteiger partial charge in [-0.25, -0.2) is 0 Å². The molecule has 180 valence electrons. The molecule has 3 aromatic carbocycles. The number of carbonyl (C=O) groups is 2. The molecule has 0 unspecified atom stereocenters. The summed E-state index contributed by atoms with van der Waals surface area (Å²) in [7, 11) is 0. The summed E-state index contributed by atoms with van der Waals surface area (Å²) < 4.78 is 5.60. The molecule has 7 heteroatoms. The predicted molar refractivity (Wildman–Crippen MR) is 143 cm³/mol. The summed E-state index contributed by atoms with van der Waals surface area (Å²) in [6.45, 7) is 3.23. The Morgan fingerprint density at radius 1 is 0.971 bits per heavy atom. The maximum absolute atomic E-state index is 13.5. The number of ether oxygens (including phenoxy) is 1. The highest BCUT2D eigenvalue weighted by Crippen LogP contribution is 2.28. The number of hydrogen-bond donors (Lipinski definition) is 1. The van der Waals surface area contributed by atoms with E-state index in [4.69, 9.17) is 17.0 Å². The van der Waals surface area contributed by atoms with E-state index in [1.165, 1.54) is 4.90 Å². The Balaban J connectivity index is 1.48. The molecule has 0 saturated carbocycles. The Hall–Kier alpha value is -3.71. The summed E-state index contributed by atoms with van der Waals surface area (Å²) >= 11 is 5.73. The first-order chi connectivity index (χ1) is 17.1. The summed E-state index contributed by atoms with van der Waals surface area (Å²) in [6.07, 6.45) is 1.65. The van der Waals surface area contributed by atoms with Crippen LogP contribution in [0.4, 0.5) is 11.4 Å². The molecule has 1 atom stereocenters. The van der Waals surface area contributed by atoms with Crippen LogP contribution in [0.1, 0.15) is 25.3 Å². The van der Waals surface area contributed by atoms with E-state index in [-0.39, 0.29) is 18.2 Å². The third kappa shape index (κ3) is 6.05. The fourth-order valence-electron chi connectivity index (χ4n) is 4.04. The first-order valence-electron chi connectivity index (χ1n) is 11.8. The van der Waals surface area contributed by atoms with Crippen molar-refractivity contribution in [1.29, 1.82) is 0 Å². The molecule has 0 aliphatic carbocycles. The van der Waals surface area contributed by atoms with Gasteiger partial charge < -0.3 is 15.0 Å². The van der Waals surface area contributed by atoms with Crippen LogP contribution in [0, 0.1) is 0 Å². The van der Waals surface area contributed by atoms with E-state index in [0.29, 0.717) is 36.1 Å². The van der Waals surface area contributed by atoms with Crippen LogP contribution >= 0.6 is 12.2 Å². The molecule has 1 heterocycles. The zero-order chi connectivity index (χ0) is 24.6. The van der Waals surface area contributed by atoms with Crippen molar-refractivity contribution < 1.29 is 14.3 Å². The largest absolute Gasteiger partial charge is 0.494 e. The quantitative estimate of drug-likeness (QED) is 0.406. The third-order valence-electron chi connectivity index (χ3n) is 5.81. The molecule has 3 aromatic rings. The number of amides is 2. The molecule has 1 fully saturated rings. The maximum Gasteiger partial charge on any atom is 0.256 e. The maximum atomic E-state index is 13.5. The summed E-state index contributed by atoms with van der Waals surface area (Å²) in [4.78, 5) is 29.8. The highest BCUT2D eigenvalue weighted by Gasteiger charge is 2.43. The lowest BCUT2D eigenvalue weighted by Crippen LogP contribution is -2.39. The van der Waals surface area contributed by atoms with Crippen LogP contribution in [-0.2, 0) is 16.0 Å². The van der Waals surface area contributed by atoms with Crippen LogP contribution in [0.3, 0.4) is 0 Å². The van der Waals surface area contributed by atoms with Crippen LogP contribution in [0.2, 0.25) is 0 Å². The van der Waals surface area contributed by atoms with Gasteiger partial charge in [-0.1, -0.05) is 55.5 Å². The van der Waals surface area contributed by atoms with Gasteiger partial charge in [0.1, 0.15) is 11.8 Å². The summed E-state index contributed by atoms with van der Waals surface area (Å²) in [5, 5.41) is 3.32. The van der Waals surface area contributed by atoms with Gasteiger partial charge in [0.05, 0.1) is 18.7 Å². The minimum absolute atomic E-state index is 0.00514. The molecular weight excluding hydrogens is 458 g/mol. The number of benzene rings is 3. The average Bonchev–Trinajstić information content (AvgIpc) is 3.11. The monoisotopic (exact) mass is 487 g/mol. The fourth-order valence-corrected chi connectivity index (χ4v) is 4.45. The van der Waals surface area contributed by atoms with Gasteiger partial charge in [0.2, 0.25) is 5.91 Å². The second kappa shape index (κ2) is 11.6. The van der Waals surface area contributed by atoms with Gasteiger partial charge in [0, 0.05) is 12.2 Å². The number of carbonyl (C=O) groups excluding carboxylic acids is 2. The van der Waals surface area contributed by atoms with Crippen molar-refractivity contribution in [2.75, 3.05) is 23.4 Å². The van der Waals surface area contributed by atoms with Gasteiger partial charge in [0.15, 0.2) is 5.11 Å². The predicted octanol–water partition coefficient (Wildman–Crippen LogP) is 5.05. The number of nitrogens with one attached hydrogen (secondary N) is 1. The zero-order valence-electron chi connectivity index (χ0n) is 19.7. The van der Waals surface area contributed by atoms with Crippen molar-refractivity contribution in [2.45, 2.75) is 32.2 Å². The van der Waals surface area contributed by atoms with Gasteiger partial charge in [-0.3, -0.25) is 14.5 Å². The Labute approximate surface area is 211 Å². The smallest absolute Gasteiger partial charge is 0.256 e. The van der Waals surface area contributed by atoms with E-state index in [9.17, 15) is 9.59 Å². The van der Waals surface area contributed by atoms with Crippen LogP contribution in [0.25, 0.3) is 0 Å². The fraction of sp³-hybridized carbons (Fsp3) is 0.250. The SMILES string of the molecule is CCCOc1ccc(NC(=O)C[C@@H]2C(=O)N(c3ccccc3)C(=S)N2CCc2ccccc2)cc1. The lowest BCUT2D eigenvalue weighted by molar-refractivity contribution is -0.124. The molecule has 1 aliphatic heterocycles. The normalized spacial score (nSPS) is 15.4. The summed E-state index contributed by atoms with van der Waals surface area (Å²) in [5.74, 6) is 0.326. The number of nitrogens with zero attached hydrogens (tertiary/aromatic N) is 2. The van der Waals surface area contributed by atoms with E-state index in [1.807, 2.05) is 84.6 Å². The Bertz CT molecular complexity index is 1150. The van der Waals surface area contributed by atoms with Crippen LogP contribution < -0.4 is 15.0 Å². The van der Waals surface area contributed by atoms with Gasteiger partial charge >= 0.3 is 0 Å². The van der Waals surface area contributed by atoms with Gasteiger partial charge in [0.25, 0.3) is 5.91 Å². The second-order valence-corrected chi connectivity index (χ2v) is 8.73. The molecule has 0 spiro atoms. The van der Waals surface area contributed by atoms with Crippen molar-refractivity contribution in [2.24, 2.45) is 0 Å². The van der Waals surface area contributed by atoms with Gasteiger partial charge in [-0.2, -0.15) is 0 Å². The van der Waals surface area contributed by atoms with E-state index >= 15 is 0 Å². The van der Waals surface area contributed by atoms with Gasteiger partial charge in [-0.05, 0) is 67.0 Å². The molecule has 0 bridgehead atoms. The van der Waals surface area contributed by atoms with Crippen LogP contribution in [0.5, 0.6) is 5.75 Å². The van der Waals surface area contributed by atoms with Crippen molar-refractivity contribution >= 4 is 40.5 Å². The molecule has 1 saturated heterocycles. The molecule has 0 aromatic heterocycles. The standard InChI is InChI=1S/C28H29N3O3S/c1-2-19-34-24-15-13-22(14-16-24)29-26(32)20-25-27(33)31(23-11-7-4-8-12-23)28(35)30(25)18-17-21-9-5-3-6-10-21/h3-16,25H,2,17-20H2,1H3,(H,29,32)/t25-/m1/s1. The topological polar surface area (TPSA) is 61.9 Å². The molecule has 4 rings (SSSR count). The minimum Gasteiger partial charge on any atom is -0.494 e. The molecule has 0 radical (unpaired) electrons. The number of para-hydroxylation sites is 1. The lowest BCUT2D eigenvalue weighted by atomic mass is 10.1. The molecule has 2 amide bonds. The summed E-state index contributed by atoms with van der Waals surface area (Å²) in [5.41, 5.74) is 2.51. The van der Waals surface area contributed by atoms with E-state index in [0.717, 1.165) is 17.7 Å². The molecule has 35 heavy (non-hydrogen) atoms. The molecule has 1 aliphatic rings. The molecular formula is C28H29N3O3S. The number of thiocarbonyl (C=S) groups is 1. The minimum atomic E-state index is -0.668. The average molecular weight is 488 g/mol. The van der Waals surface area contributed by atoms with E-state index < -0.39 is 6.04 Å². The highest BCUT2D eigenvalue weighted by atomic mass is 32.1. The second-order valence-electron chi connectivity index (χ2n) is 8.36. The van der Waals surface area contributed by atoms with Crippen LogP contribution in [-0.4, -0.2) is 41.0 Å². The molecule has 6 nitrogen and oxygen atoms in total. The number of rotatable bonds is 10. The highest BCUT2D eigenvalue weighted by molar-refractivity contribution is 7.80. The first kappa shape index (κ1) is 24.4. The van der Waals surface area contributed by atoms with Crippen molar-refractivity contribution in [3.05, 3.63) is 90.5 Å². The lowest BCUT2D eigenvalue weighted by Gasteiger charge is -2.24. The van der Waals surface area contributed by atoms with Crippen LogP contribution in [0.15, 0.2) is 84.9 Å². The van der Waals surface area contributed by atoms with Crippen molar-refractivity contribution in [1.82, 2.24) is 4.90 Å². The zero-order valence-corrected chi connectivity index (χ0v) is 20.5. The Kier molecular flexibility index (Phi) is 8.11. The van der Waals surface area contributed by atoms with E-state index in [1.54, 1.807) is 12.1 Å². The first-order valence-corrected chi connectivity index (χ1v) is 12.2. The Morgan fingerprint density at radius 2 is 1.63 bits per heavy atom. The number of anilines is 2. The van der Waals surface area contributed by atoms with Gasteiger partial charge in [-0.15, -0.1) is 0 Å². The third-order valence-corrected chi connectivity index (χ3v) is 6.22.